The van der Waals surface area contributed by atoms with E-state index in [4.69, 9.17) is 5.11 Å². The Labute approximate surface area is 120 Å². The van der Waals surface area contributed by atoms with Gasteiger partial charge >= 0.3 is 23.7 Å². The van der Waals surface area contributed by atoms with Gasteiger partial charge in [-0.2, -0.15) is 13.2 Å². The molecule has 22 heavy (non-hydrogen) atoms. The Balaban J connectivity index is 2.97. The van der Waals surface area contributed by atoms with Gasteiger partial charge in [0.25, 0.3) is 0 Å². The second kappa shape index (κ2) is 6.28. The number of aromatic hydroxyl groups is 1. The minimum atomic E-state index is -5.26. The Kier molecular flexibility index (Phi) is 4.91. The van der Waals surface area contributed by atoms with E-state index in [9.17, 15) is 38.0 Å². The molecule has 0 aromatic heterocycles. The molecule has 0 aliphatic carbocycles. The number of carboxylic acids is 1. The van der Waals surface area contributed by atoms with Crippen molar-refractivity contribution in [1.29, 1.82) is 0 Å². The topological polar surface area (TPSA) is 130 Å². The van der Waals surface area contributed by atoms with Gasteiger partial charge in [-0.25, -0.2) is 4.79 Å². The van der Waals surface area contributed by atoms with E-state index in [1.165, 1.54) is 5.32 Å². The molecule has 0 fully saturated rings. The number of rotatable bonds is 5. The van der Waals surface area contributed by atoms with Crippen molar-refractivity contribution >= 4 is 17.6 Å². The van der Waals surface area contributed by atoms with Crippen LogP contribution in [0, 0.1) is 10.1 Å². The second-order valence-corrected chi connectivity index (χ2v) is 4.15. The molecule has 0 bridgehead atoms. The van der Waals surface area contributed by atoms with Gasteiger partial charge in [0.2, 0.25) is 0 Å². The summed E-state index contributed by atoms with van der Waals surface area (Å²) in [6.45, 7) is 0. The maximum atomic E-state index is 12.1. The predicted octanol–water partition coefficient (Wildman–Crippen LogP) is 0.975. The van der Waals surface area contributed by atoms with Gasteiger partial charge in [0.15, 0.2) is 5.75 Å². The van der Waals surface area contributed by atoms with Crippen molar-refractivity contribution in [3.8, 4) is 5.75 Å². The maximum absolute atomic E-state index is 12.1. The summed E-state index contributed by atoms with van der Waals surface area (Å²) in [6.07, 6.45) is -5.88. The molecule has 11 heteroatoms. The van der Waals surface area contributed by atoms with Crippen LogP contribution in [0.15, 0.2) is 18.2 Å². The molecular weight excluding hydrogens is 313 g/mol. The number of phenolic OH excluding ortho intramolecular Hbond substituents is 1. The molecular formula is C11H9F3N2O6. The molecule has 0 saturated carbocycles. The van der Waals surface area contributed by atoms with E-state index in [1.807, 2.05) is 0 Å². The van der Waals surface area contributed by atoms with Crippen LogP contribution in [0.5, 0.6) is 5.75 Å². The molecule has 0 heterocycles. The summed E-state index contributed by atoms with van der Waals surface area (Å²) in [4.78, 5) is 31.3. The van der Waals surface area contributed by atoms with Crippen LogP contribution in [0.4, 0.5) is 18.9 Å². The Bertz CT molecular complexity index is 616. The Morgan fingerprint density at radius 3 is 2.41 bits per heavy atom. The van der Waals surface area contributed by atoms with Crippen molar-refractivity contribution in [3.63, 3.8) is 0 Å². The molecule has 0 aliphatic rings. The van der Waals surface area contributed by atoms with Gasteiger partial charge in [-0.05, 0) is 11.6 Å². The summed E-state index contributed by atoms with van der Waals surface area (Å²) in [6, 6.07) is 0.874. The predicted molar refractivity (Wildman–Crippen MR) is 64.1 cm³/mol. The molecule has 0 spiro atoms. The van der Waals surface area contributed by atoms with Crippen molar-refractivity contribution in [1.82, 2.24) is 5.32 Å². The molecule has 3 N–H and O–H groups in total. The van der Waals surface area contributed by atoms with E-state index in [2.05, 4.69) is 0 Å². The van der Waals surface area contributed by atoms with Crippen LogP contribution >= 0.6 is 0 Å². The van der Waals surface area contributed by atoms with Gasteiger partial charge in [0, 0.05) is 12.5 Å². The molecule has 1 aromatic carbocycles. The number of hydrogen-bond donors (Lipinski definition) is 3. The number of carbonyl (C=O) groups excluding carboxylic acids is 1. The van der Waals surface area contributed by atoms with Gasteiger partial charge in [-0.1, -0.05) is 6.07 Å². The molecule has 1 aromatic rings. The van der Waals surface area contributed by atoms with Gasteiger partial charge in [-0.3, -0.25) is 14.9 Å². The number of alkyl halides is 3. The summed E-state index contributed by atoms with van der Waals surface area (Å²) in [5, 5.41) is 29.9. The lowest BCUT2D eigenvalue weighted by Crippen LogP contribution is -2.47. The molecule has 1 rings (SSSR count). The quantitative estimate of drug-likeness (QED) is 0.547. The van der Waals surface area contributed by atoms with Crippen LogP contribution in [0.3, 0.4) is 0 Å². The molecule has 1 amide bonds. The summed E-state index contributed by atoms with van der Waals surface area (Å²) in [7, 11) is 0. The first-order valence-corrected chi connectivity index (χ1v) is 5.59. The monoisotopic (exact) mass is 322 g/mol. The van der Waals surface area contributed by atoms with Crippen molar-refractivity contribution in [3.05, 3.63) is 33.9 Å². The number of hydrogen-bond acceptors (Lipinski definition) is 5. The molecule has 1 atom stereocenters. The smallest absolute Gasteiger partial charge is 0.471 e. The zero-order valence-corrected chi connectivity index (χ0v) is 10.6. The van der Waals surface area contributed by atoms with Crippen LogP contribution in [0.2, 0.25) is 0 Å². The first-order valence-electron chi connectivity index (χ1n) is 5.59. The SMILES string of the molecule is O=C(O)[C@H](Cc1ccc(O)c([N+](=O)[O-])c1)NC(=O)C(F)(F)F. The molecule has 0 unspecified atom stereocenters. The molecule has 120 valence electrons. The number of carboxylic acid groups (broad SMARTS) is 1. The number of phenols is 1. The second-order valence-electron chi connectivity index (χ2n) is 4.15. The van der Waals surface area contributed by atoms with Gasteiger partial charge in [0.05, 0.1) is 4.92 Å². The third-order valence-corrected chi connectivity index (χ3v) is 2.54. The number of aliphatic carboxylic acids is 1. The van der Waals surface area contributed by atoms with Gasteiger partial charge in [-0.15, -0.1) is 0 Å². The Morgan fingerprint density at radius 2 is 1.95 bits per heavy atom. The zero-order valence-electron chi connectivity index (χ0n) is 10.6. The van der Waals surface area contributed by atoms with Crippen LogP contribution in [0.25, 0.3) is 0 Å². The average Bonchev–Trinajstić information content (AvgIpc) is 2.38. The van der Waals surface area contributed by atoms with Crippen LogP contribution < -0.4 is 5.32 Å². The summed E-state index contributed by atoms with van der Waals surface area (Å²) < 4.78 is 36.3. The lowest BCUT2D eigenvalue weighted by Gasteiger charge is -2.15. The van der Waals surface area contributed by atoms with Crippen molar-refractivity contribution in [2.45, 2.75) is 18.6 Å². The number of carbonyl (C=O) groups is 2. The fraction of sp³-hybridized carbons (Fsp3) is 0.273. The van der Waals surface area contributed by atoms with Crippen LogP contribution in [-0.4, -0.2) is 39.2 Å². The van der Waals surface area contributed by atoms with E-state index in [-0.39, 0.29) is 5.56 Å². The number of benzene rings is 1. The maximum Gasteiger partial charge on any atom is 0.471 e. The van der Waals surface area contributed by atoms with E-state index in [0.717, 1.165) is 18.2 Å². The summed E-state index contributed by atoms with van der Waals surface area (Å²) >= 11 is 0. The molecule has 0 saturated heterocycles. The van der Waals surface area contributed by atoms with Crippen LogP contribution in [0.1, 0.15) is 5.56 Å². The first-order chi connectivity index (χ1) is 10.0. The van der Waals surface area contributed by atoms with E-state index in [0.29, 0.717) is 0 Å². The van der Waals surface area contributed by atoms with E-state index in [1.54, 1.807) is 0 Å². The molecule has 0 radical (unpaired) electrons. The normalized spacial score (nSPS) is 12.5. The van der Waals surface area contributed by atoms with Crippen molar-refractivity contribution in [2.75, 3.05) is 0 Å². The zero-order chi connectivity index (χ0) is 17.1. The lowest BCUT2D eigenvalue weighted by molar-refractivity contribution is -0.385. The Hall–Kier alpha value is -2.85. The Morgan fingerprint density at radius 1 is 1.36 bits per heavy atom. The molecule has 8 nitrogen and oxygen atoms in total. The third-order valence-electron chi connectivity index (χ3n) is 2.54. The highest BCUT2D eigenvalue weighted by atomic mass is 19.4. The highest BCUT2D eigenvalue weighted by Gasteiger charge is 2.40. The number of nitro benzene ring substituents is 1. The largest absolute Gasteiger partial charge is 0.502 e. The fourth-order valence-electron chi connectivity index (χ4n) is 1.52. The highest BCUT2D eigenvalue weighted by Crippen LogP contribution is 2.27. The van der Waals surface area contributed by atoms with E-state index < -0.39 is 46.9 Å². The number of halogens is 3. The fourth-order valence-corrected chi connectivity index (χ4v) is 1.52. The third kappa shape index (κ3) is 4.33. The summed E-state index contributed by atoms with van der Waals surface area (Å²) in [5.41, 5.74) is -0.775. The lowest BCUT2D eigenvalue weighted by atomic mass is 10.0. The van der Waals surface area contributed by atoms with E-state index >= 15 is 0 Å². The first kappa shape index (κ1) is 17.2. The number of amides is 1. The standard InChI is InChI=1S/C11H9F3N2O6/c12-11(13,14)10(20)15-6(9(18)19)3-5-1-2-8(17)7(4-5)16(21)22/h1-2,4,6,17H,3H2,(H,15,20)(H,18,19)/t6-/m0/s1. The molecule has 0 aliphatic heterocycles. The van der Waals surface area contributed by atoms with Crippen LogP contribution in [-0.2, 0) is 16.0 Å². The summed E-state index contributed by atoms with van der Waals surface area (Å²) in [5.74, 6) is -4.86. The van der Waals surface area contributed by atoms with Gasteiger partial charge in [0.1, 0.15) is 6.04 Å². The average molecular weight is 322 g/mol. The minimum Gasteiger partial charge on any atom is -0.502 e. The van der Waals surface area contributed by atoms with Crippen molar-refractivity contribution in [2.24, 2.45) is 0 Å². The number of nitro groups is 1. The number of nitrogens with one attached hydrogen (secondary N) is 1. The number of nitrogens with zero attached hydrogens (tertiary/aromatic N) is 1. The minimum absolute atomic E-state index is 0.0422. The highest BCUT2D eigenvalue weighted by molar-refractivity contribution is 5.87. The van der Waals surface area contributed by atoms with Gasteiger partial charge < -0.3 is 15.5 Å². The van der Waals surface area contributed by atoms with Crippen molar-refractivity contribution < 1.29 is 37.9 Å².